The smallest absolute Gasteiger partial charge is 0.329 e. The number of aromatic nitrogens is 2. The van der Waals surface area contributed by atoms with Gasteiger partial charge in [0.25, 0.3) is 5.56 Å². The summed E-state index contributed by atoms with van der Waals surface area (Å²) >= 11 is 0. The highest BCUT2D eigenvalue weighted by atomic mass is 16.2. The summed E-state index contributed by atoms with van der Waals surface area (Å²) in [6.07, 6.45) is 0.838. The third kappa shape index (κ3) is 3.75. The highest BCUT2D eigenvalue weighted by molar-refractivity contribution is 5.95. The number of nitrogens with zero attached hydrogens (tertiary/aromatic N) is 2. The molecule has 1 fully saturated rings. The Morgan fingerprint density at radius 3 is 2.72 bits per heavy atom. The molecule has 9 nitrogen and oxygen atoms in total. The quantitative estimate of drug-likeness (QED) is 0.618. The summed E-state index contributed by atoms with van der Waals surface area (Å²) in [5, 5.41) is 5.86. The number of carbonyl (C=O) groups excluding carboxylic acids is 2. The Morgan fingerprint density at radius 1 is 1.07 bits per heavy atom. The molecule has 0 unspecified atom stereocenters. The van der Waals surface area contributed by atoms with Crippen LogP contribution in [0, 0.1) is 0 Å². The Balaban J connectivity index is 1.56. The molecule has 148 valence electrons. The second kappa shape index (κ2) is 7.63. The van der Waals surface area contributed by atoms with Gasteiger partial charge in [0.15, 0.2) is 0 Å². The molecular weight excluding hydrogens is 374 g/mol. The molecule has 2 heterocycles. The zero-order chi connectivity index (χ0) is 20.4. The van der Waals surface area contributed by atoms with Crippen LogP contribution in [-0.4, -0.2) is 34.6 Å². The van der Waals surface area contributed by atoms with Crippen LogP contribution >= 0.6 is 0 Å². The van der Waals surface area contributed by atoms with E-state index in [0.717, 1.165) is 6.42 Å². The fourth-order valence-corrected chi connectivity index (χ4v) is 3.37. The Bertz CT molecular complexity index is 1210. The molecule has 0 bridgehead atoms. The first-order valence-electron chi connectivity index (χ1n) is 9.20. The molecule has 9 heteroatoms. The predicted octanol–water partition coefficient (Wildman–Crippen LogP) is 1.25. The minimum absolute atomic E-state index is 0.175. The van der Waals surface area contributed by atoms with E-state index in [-0.39, 0.29) is 12.6 Å². The van der Waals surface area contributed by atoms with Crippen LogP contribution in [0.1, 0.15) is 6.42 Å². The summed E-state index contributed by atoms with van der Waals surface area (Å²) in [7, 11) is 0. The first-order valence-corrected chi connectivity index (χ1v) is 9.20. The zero-order valence-corrected chi connectivity index (χ0v) is 15.5. The number of anilines is 2. The van der Waals surface area contributed by atoms with Crippen molar-refractivity contribution in [3.63, 3.8) is 0 Å². The lowest BCUT2D eigenvalue weighted by atomic mass is 10.2. The molecule has 1 aromatic heterocycles. The molecule has 4 rings (SSSR count). The molecule has 1 aliphatic heterocycles. The highest BCUT2D eigenvalue weighted by Gasteiger charge is 2.19. The first-order chi connectivity index (χ1) is 14.0. The van der Waals surface area contributed by atoms with Gasteiger partial charge in [-0.05, 0) is 36.8 Å². The predicted molar refractivity (Wildman–Crippen MR) is 109 cm³/mol. The van der Waals surface area contributed by atoms with Crippen LogP contribution in [0.3, 0.4) is 0 Å². The van der Waals surface area contributed by atoms with E-state index in [1.54, 1.807) is 53.4 Å². The molecule has 0 radical (unpaired) electrons. The van der Waals surface area contributed by atoms with Crippen LogP contribution in [0.25, 0.3) is 10.9 Å². The van der Waals surface area contributed by atoms with Crippen LogP contribution in [0.4, 0.5) is 16.2 Å². The topological polar surface area (TPSA) is 116 Å². The summed E-state index contributed by atoms with van der Waals surface area (Å²) in [4.78, 5) is 52.6. The number of carbonyl (C=O) groups is 2. The summed E-state index contributed by atoms with van der Waals surface area (Å²) in [6.45, 7) is 0.986. The average Bonchev–Trinajstić information content (AvgIpc) is 2.72. The molecule has 0 saturated carbocycles. The maximum Gasteiger partial charge on any atom is 0.329 e. The second-order valence-corrected chi connectivity index (χ2v) is 6.70. The molecule has 0 atom stereocenters. The summed E-state index contributed by atoms with van der Waals surface area (Å²) in [5.41, 5.74) is 0.423. The highest BCUT2D eigenvalue weighted by Crippen LogP contribution is 2.21. The number of aromatic amines is 1. The van der Waals surface area contributed by atoms with Gasteiger partial charge in [-0.3, -0.25) is 24.0 Å². The molecule has 1 aliphatic rings. The van der Waals surface area contributed by atoms with Gasteiger partial charge >= 0.3 is 11.7 Å². The Morgan fingerprint density at radius 2 is 1.90 bits per heavy atom. The molecule has 0 aliphatic carbocycles. The number of hydrogen-bond donors (Lipinski definition) is 3. The number of para-hydroxylation sites is 1. The molecule has 3 aromatic rings. The van der Waals surface area contributed by atoms with E-state index in [1.807, 2.05) is 0 Å². The van der Waals surface area contributed by atoms with Crippen molar-refractivity contribution in [2.75, 3.05) is 23.3 Å². The van der Waals surface area contributed by atoms with E-state index in [4.69, 9.17) is 0 Å². The van der Waals surface area contributed by atoms with Gasteiger partial charge in [-0.25, -0.2) is 9.59 Å². The standard InChI is InChI=1S/C20H19N5O4/c26-17(12-25-16-8-2-1-7-15(16)18(27)23-20(25)29)22-13-5-3-6-14(11-13)24-10-4-9-21-19(24)28/h1-3,5-8,11H,4,9-10,12H2,(H,21,28)(H,22,26)(H,23,27,29). The molecule has 1 saturated heterocycles. The zero-order valence-electron chi connectivity index (χ0n) is 15.5. The van der Waals surface area contributed by atoms with Crippen LogP contribution in [0.5, 0.6) is 0 Å². The number of rotatable bonds is 4. The summed E-state index contributed by atoms with van der Waals surface area (Å²) in [6, 6.07) is 13.4. The minimum atomic E-state index is -0.650. The Hall–Kier alpha value is -3.88. The number of fused-ring (bicyclic) bond motifs is 1. The van der Waals surface area contributed by atoms with Gasteiger partial charge in [0.05, 0.1) is 10.9 Å². The van der Waals surface area contributed by atoms with Gasteiger partial charge in [0.1, 0.15) is 6.54 Å². The number of benzene rings is 2. The maximum atomic E-state index is 12.6. The Kier molecular flexibility index (Phi) is 4.86. The van der Waals surface area contributed by atoms with E-state index in [0.29, 0.717) is 35.4 Å². The third-order valence-electron chi connectivity index (χ3n) is 4.73. The van der Waals surface area contributed by atoms with Crippen molar-refractivity contribution in [1.82, 2.24) is 14.9 Å². The van der Waals surface area contributed by atoms with E-state index in [1.165, 1.54) is 4.57 Å². The molecule has 0 spiro atoms. The van der Waals surface area contributed by atoms with E-state index >= 15 is 0 Å². The lowest BCUT2D eigenvalue weighted by Crippen LogP contribution is -2.46. The fourth-order valence-electron chi connectivity index (χ4n) is 3.37. The Labute approximate surface area is 165 Å². The molecular formula is C20H19N5O4. The largest absolute Gasteiger partial charge is 0.338 e. The number of nitrogens with one attached hydrogen (secondary N) is 3. The monoisotopic (exact) mass is 393 g/mol. The van der Waals surface area contributed by atoms with Crippen molar-refractivity contribution < 1.29 is 9.59 Å². The van der Waals surface area contributed by atoms with Gasteiger partial charge < -0.3 is 10.6 Å². The third-order valence-corrected chi connectivity index (χ3v) is 4.73. The number of hydrogen-bond acceptors (Lipinski definition) is 4. The summed E-state index contributed by atoms with van der Waals surface area (Å²) < 4.78 is 1.22. The van der Waals surface area contributed by atoms with Crippen molar-refractivity contribution in [1.29, 1.82) is 0 Å². The number of H-pyrrole nitrogens is 1. The van der Waals surface area contributed by atoms with Crippen molar-refractivity contribution in [2.24, 2.45) is 0 Å². The second-order valence-electron chi connectivity index (χ2n) is 6.70. The van der Waals surface area contributed by atoms with Crippen LogP contribution in [-0.2, 0) is 11.3 Å². The van der Waals surface area contributed by atoms with Crippen LogP contribution in [0.15, 0.2) is 58.1 Å². The van der Waals surface area contributed by atoms with Gasteiger partial charge in [-0.2, -0.15) is 0 Å². The normalized spacial score (nSPS) is 13.9. The van der Waals surface area contributed by atoms with Crippen molar-refractivity contribution >= 4 is 34.2 Å². The van der Waals surface area contributed by atoms with Crippen LogP contribution in [0.2, 0.25) is 0 Å². The van der Waals surface area contributed by atoms with Crippen molar-refractivity contribution in [2.45, 2.75) is 13.0 Å². The molecule has 2 aromatic carbocycles. The van der Waals surface area contributed by atoms with E-state index in [9.17, 15) is 19.2 Å². The average molecular weight is 393 g/mol. The molecule has 3 amide bonds. The van der Waals surface area contributed by atoms with Gasteiger partial charge in [0, 0.05) is 24.5 Å². The lowest BCUT2D eigenvalue weighted by molar-refractivity contribution is -0.116. The van der Waals surface area contributed by atoms with Crippen molar-refractivity contribution in [3.8, 4) is 0 Å². The number of amides is 3. The van der Waals surface area contributed by atoms with E-state index in [2.05, 4.69) is 15.6 Å². The van der Waals surface area contributed by atoms with Gasteiger partial charge in [-0.15, -0.1) is 0 Å². The van der Waals surface area contributed by atoms with Crippen LogP contribution < -0.4 is 26.8 Å². The molecule has 3 N–H and O–H groups in total. The molecule has 29 heavy (non-hydrogen) atoms. The minimum Gasteiger partial charge on any atom is -0.338 e. The van der Waals surface area contributed by atoms with Gasteiger partial charge in [0.2, 0.25) is 5.91 Å². The maximum absolute atomic E-state index is 12.6. The summed E-state index contributed by atoms with van der Waals surface area (Å²) in [5.74, 6) is -0.426. The lowest BCUT2D eigenvalue weighted by Gasteiger charge is -2.27. The SMILES string of the molecule is O=C(Cn1c(=O)[nH]c(=O)c2ccccc21)Nc1cccc(N2CCCNC2=O)c1. The van der Waals surface area contributed by atoms with E-state index < -0.39 is 17.2 Å². The first kappa shape index (κ1) is 18.5. The number of urea groups is 1. The van der Waals surface area contributed by atoms with Crippen molar-refractivity contribution in [3.05, 3.63) is 69.4 Å². The van der Waals surface area contributed by atoms with Gasteiger partial charge in [-0.1, -0.05) is 18.2 Å². The fraction of sp³-hybridized carbons (Fsp3) is 0.200.